The first kappa shape index (κ1) is 18.4. The van der Waals surface area contributed by atoms with Crippen LogP contribution in [0.3, 0.4) is 0 Å². The zero-order valence-corrected chi connectivity index (χ0v) is 13.2. The maximum atomic E-state index is 10.2. The molecule has 108 valence electrons. The van der Waals surface area contributed by atoms with Crippen LogP contribution in [0.15, 0.2) is 52.5 Å². The minimum atomic E-state index is -0.859. The second-order valence-corrected chi connectivity index (χ2v) is 4.65. The molecule has 0 fully saturated rings. The average Bonchev–Trinajstić information content (AvgIpc) is 2.43. The average molecular weight is 410 g/mol. The summed E-state index contributed by atoms with van der Waals surface area (Å²) in [4.78, 5) is 28.0. The van der Waals surface area contributed by atoms with Crippen molar-refractivity contribution >= 4 is 43.8 Å². The summed E-state index contributed by atoms with van der Waals surface area (Å²) < 4.78 is 1.66. The minimum absolute atomic E-state index is 0.262. The SMILES string of the molecule is C=CC(=O)OOOC(=O)C=C.Oc1ccc(Br)cc1Br. The number of carbonyl (C=O) groups excluding carboxylic acids is 2. The molecule has 0 unspecified atom stereocenters. The van der Waals surface area contributed by atoms with Crippen molar-refractivity contribution in [3.05, 3.63) is 52.5 Å². The predicted octanol–water partition coefficient (Wildman–Crippen LogP) is 3.21. The molecule has 0 aliphatic carbocycles. The van der Waals surface area contributed by atoms with Crippen LogP contribution >= 0.6 is 31.9 Å². The van der Waals surface area contributed by atoms with E-state index in [-0.39, 0.29) is 5.75 Å². The Morgan fingerprint density at radius 3 is 1.95 bits per heavy atom. The minimum Gasteiger partial charge on any atom is -0.507 e. The Kier molecular flexibility index (Phi) is 9.35. The number of phenols is 1. The molecule has 0 aliphatic heterocycles. The third kappa shape index (κ3) is 8.46. The van der Waals surface area contributed by atoms with Gasteiger partial charge in [0.25, 0.3) is 0 Å². The molecule has 1 aromatic carbocycles. The summed E-state index contributed by atoms with van der Waals surface area (Å²) in [7, 11) is 0. The number of hydrogen-bond donors (Lipinski definition) is 1. The fourth-order valence-corrected chi connectivity index (χ4v) is 1.68. The number of rotatable bonds is 4. The molecule has 0 spiro atoms. The van der Waals surface area contributed by atoms with Gasteiger partial charge in [-0.25, -0.2) is 9.59 Å². The number of phenolic OH excluding ortho intramolecular Hbond substituents is 1. The summed E-state index contributed by atoms with van der Waals surface area (Å²) in [6.07, 6.45) is 1.70. The highest BCUT2D eigenvalue weighted by atomic mass is 79.9. The summed E-state index contributed by atoms with van der Waals surface area (Å²) in [5, 5.41) is 12.7. The summed E-state index contributed by atoms with van der Waals surface area (Å²) in [6, 6.07) is 5.18. The molecule has 0 aromatic heterocycles. The molecule has 0 saturated carbocycles. The fraction of sp³-hybridized carbons (Fsp3) is 0. The first-order valence-corrected chi connectivity index (χ1v) is 6.47. The van der Waals surface area contributed by atoms with Gasteiger partial charge in [-0.05, 0) is 34.1 Å². The van der Waals surface area contributed by atoms with Crippen molar-refractivity contribution in [3.63, 3.8) is 0 Å². The zero-order chi connectivity index (χ0) is 15.5. The van der Waals surface area contributed by atoms with E-state index in [1.165, 1.54) is 0 Å². The Morgan fingerprint density at radius 1 is 1.10 bits per heavy atom. The maximum absolute atomic E-state index is 10.2. The van der Waals surface area contributed by atoms with Crippen molar-refractivity contribution in [2.75, 3.05) is 0 Å². The van der Waals surface area contributed by atoms with E-state index in [2.05, 4.69) is 59.8 Å². The van der Waals surface area contributed by atoms with E-state index in [1.54, 1.807) is 18.2 Å². The maximum Gasteiger partial charge on any atom is 0.369 e. The molecule has 1 rings (SSSR count). The normalized spacial score (nSPS) is 8.70. The Hall–Kier alpha value is -1.64. The molecule has 0 atom stereocenters. The van der Waals surface area contributed by atoms with Crippen molar-refractivity contribution in [1.29, 1.82) is 0 Å². The van der Waals surface area contributed by atoms with E-state index in [0.717, 1.165) is 16.6 Å². The first-order chi connectivity index (χ1) is 9.40. The van der Waals surface area contributed by atoms with Gasteiger partial charge in [-0.2, -0.15) is 0 Å². The number of aromatic hydroxyl groups is 1. The van der Waals surface area contributed by atoms with Gasteiger partial charge >= 0.3 is 11.9 Å². The quantitative estimate of drug-likeness (QED) is 0.467. The lowest BCUT2D eigenvalue weighted by molar-refractivity contribution is -0.455. The number of hydrogen-bond acceptors (Lipinski definition) is 6. The highest BCUT2D eigenvalue weighted by Gasteiger charge is 2.00. The van der Waals surface area contributed by atoms with Gasteiger partial charge in [-0.3, -0.25) is 9.78 Å². The lowest BCUT2D eigenvalue weighted by Crippen LogP contribution is -2.06. The standard InChI is InChI=1S/C6H4Br2O.C6H6O5/c7-4-1-2-6(9)5(8)3-4;1-3-5(7)9-11-10-6(8)4-2/h1-3,9H;3-4H,1-2H2. The van der Waals surface area contributed by atoms with Crippen LogP contribution < -0.4 is 0 Å². The highest BCUT2D eigenvalue weighted by molar-refractivity contribution is 9.11. The molecule has 0 bridgehead atoms. The number of halogens is 2. The number of carbonyl (C=O) groups is 2. The largest absolute Gasteiger partial charge is 0.507 e. The molecular weight excluding hydrogens is 400 g/mol. The monoisotopic (exact) mass is 408 g/mol. The van der Waals surface area contributed by atoms with Gasteiger partial charge in [0.1, 0.15) is 5.75 Å². The lowest BCUT2D eigenvalue weighted by Gasteiger charge is -1.95. The van der Waals surface area contributed by atoms with E-state index in [1.807, 2.05) is 0 Å². The summed E-state index contributed by atoms with van der Waals surface area (Å²) in [5.74, 6) is -1.46. The van der Waals surface area contributed by atoms with Crippen LogP contribution in [0.4, 0.5) is 0 Å². The molecule has 1 aromatic rings. The lowest BCUT2D eigenvalue weighted by atomic mass is 10.3. The van der Waals surface area contributed by atoms with E-state index < -0.39 is 11.9 Å². The predicted molar refractivity (Wildman–Crippen MR) is 77.2 cm³/mol. The Labute approximate surface area is 131 Å². The molecule has 1 N–H and O–H groups in total. The van der Waals surface area contributed by atoms with Gasteiger partial charge in [0.15, 0.2) is 0 Å². The van der Waals surface area contributed by atoms with Gasteiger partial charge < -0.3 is 5.11 Å². The molecule has 6 nitrogen and oxygen atoms in total. The summed E-state index contributed by atoms with van der Waals surface area (Å²) in [6.45, 7) is 6.13. The van der Waals surface area contributed by atoms with Gasteiger partial charge in [0, 0.05) is 21.7 Å². The van der Waals surface area contributed by atoms with Crippen molar-refractivity contribution in [2.24, 2.45) is 0 Å². The van der Waals surface area contributed by atoms with Crippen LogP contribution in [0.2, 0.25) is 0 Å². The van der Waals surface area contributed by atoms with E-state index in [0.29, 0.717) is 4.47 Å². The molecule has 0 radical (unpaired) electrons. The van der Waals surface area contributed by atoms with Crippen LogP contribution in [0.25, 0.3) is 0 Å². The van der Waals surface area contributed by atoms with Crippen LogP contribution in [0.5, 0.6) is 5.75 Å². The zero-order valence-electron chi connectivity index (χ0n) is 10.0. The second kappa shape index (κ2) is 10.2. The molecule has 8 heteroatoms. The van der Waals surface area contributed by atoms with Crippen molar-refractivity contribution < 1.29 is 29.5 Å². The van der Waals surface area contributed by atoms with E-state index in [4.69, 9.17) is 5.11 Å². The Balaban J connectivity index is 0.000000367. The van der Waals surface area contributed by atoms with Gasteiger partial charge in [0.2, 0.25) is 0 Å². The van der Waals surface area contributed by atoms with E-state index in [9.17, 15) is 9.59 Å². The van der Waals surface area contributed by atoms with Crippen molar-refractivity contribution in [1.82, 2.24) is 0 Å². The topological polar surface area (TPSA) is 82.1 Å². The molecule has 0 aliphatic rings. The van der Waals surface area contributed by atoms with Crippen LogP contribution in [-0.2, 0) is 24.4 Å². The third-order valence-electron chi connectivity index (χ3n) is 1.48. The van der Waals surface area contributed by atoms with Crippen LogP contribution in [-0.4, -0.2) is 17.0 Å². The first-order valence-electron chi connectivity index (χ1n) is 4.88. The Morgan fingerprint density at radius 2 is 1.60 bits per heavy atom. The molecular formula is C12H10Br2O6. The molecule has 0 amide bonds. The smallest absolute Gasteiger partial charge is 0.369 e. The molecule has 0 heterocycles. The third-order valence-corrected chi connectivity index (χ3v) is 2.60. The van der Waals surface area contributed by atoms with E-state index >= 15 is 0 Å². The van der Waals surface area contributed by atoms with Crippen molar-refractivity contribution in [2.45, 2.75) is 0 Å². The highest BCUT2D eigenvalue weighted by Crippen LogP contribution is 2.26. The fourth-order valence-electron chi connectivity index (χ4n) is 0.633. The number of benzene rings is 1. The van der Waals surface area contributed by atoms with Crippen molar-refractivity contribution in [3.8, 4) is 5.75 Å². The molecule has 20 heavy (non-hydrogen) atoms. The van der Waals surface area contributed by atoms with Gasteiger partial charge in [-0.15, -0.1) is 0 Å². The summed E-state index contributed by atoms with van der Waals surface area (Å²) >= 11 is 6.42. The van der Waals surface area contributed by atoms with Crippen LogP contribution in [0, 0.1) is 0 Å². The van der Waals surface area contributed by atoms with Gasteiger partial charge in [0.05, 0.1) is 4.47 Å². The van der Waals surface area contributed by atoms with Crippen LogP contribution in [0.1, 0.15) is 0 Å². The Bertz CT molecular complexity index is 481. The summed E-state index contributed by atoms with van der Waals surface area (Å²) in [5.41, 5.74) is 0. The van der Waals surface area contributed by atoms with Gasteiger partial charge in [-0.1, -0.05) is 29.1 Å². The second-order valence-electron chi connectivity index (χ2n) is 2.88. The molecule has 0 saturated heterocycles.